The Kier molecular flexibility index (Phi) is 4.31. The minimum atomic E-state index is -0.969. The molecular weight excluding hydrogens is 230 g/mol. The number of hydrogen-bond acceptors (Lipinski definition) is 2. The first-order chi connectivity index (χ1) is 7.54. The van der Waals surface area contributed by atoms with Crippen molar-refractivity contribution in [2.45, 2.75) is 13.0 Å². The van der Waals surface area contributed by atoms with Crippen LogP contribution in [0.3, 0.4) is 0 Å². The molecule has 0 aliphatic rings. The lowest BCUT2D eigenvalue weighted by molar-refractivity contribution is -0.119. The van der Waals surface area contributed by atoms with Gasteiger partial charge in [-0.25, -0.2) is 4.79 Å². The highest BCUT2D eigenvalue weighted by atomic mass is 35.5. The number of carbonyl (C=O) groups is 2. The van der Waals surface area contributed by atoms with Crippen LogP contribution in [0.1, 0.15) is 28.9 Å². The molecule has 1 rings (SSSR count). The normalized spacial score (nSPS) is 11.9. The van der Waals surface area contributed by atoms with Gasteiger partial charge in [-0.05, 0) is 24.6 Å². The lowest BCUT2D eigenvalue weighted by Gasteiger charge is -2.13. The minimum Gasteiger partial charge on any atom is -0.478 e. The van der Waals surface area contributed by atoms with Crippen LogP contribution in [0.2, 0.25) is 0 Å². The molecule has 5 heteroatoms. The number of benzene rings is 1. The van der Waals surface area contributed by atoms with Crippen molar-refractivity contribution < 1.29 is 14.7 Å². The predicted octanol–water partition coefficient (Wildman–Crippen LogP) is 1.80. The summed E-state index contributed by atoms with van der Waals surface area (Å²) in [6, 6.07) is 6.15. The molecule has 1 unspecified atom stereocenters. The highest BCUT2D eigenvalue weighted by molar-refractivity contribution is 6.27. The van der Waals surface area contributed by atoms with E-state index in [9.17, 15) is 9.59 Å². The van der Waals surface area contributed by atoms with E-state index in [2.05, 4.69) is 5.32 Å². The van der Waals surface area contributed by atoms with Gasteiger partial charge in [0, 0.05) is 0 Å². The second-order valence-electron chi connectivity index (χ2n) is 3.35. The van der Waals surface area contributed by atoms with E-state index in [0.717, 1.165) is 5.56 Å². The van der Waals surface area contributed by atoms with Crippen LogP contribution in [-0.2, 0) is 4.79 Å². The fourth-order valence-electron chi connectivity index (χ4n) is 1.28. The van der Waals surface area contributed by atoms with Gasteiger partial charge in [-0.3, -0.25) is 4.79 Å². The number of carboxylic acids is 1. The van der Waals surface area contributed by atoms with Gasteiger partial charge in [-0.2, -0.15) is 0 Å². The average Bonchev–Trinajstić information content (AvgIpc) is 2.28. The van der Waals surface area contributed by atoms with E-state index < -0.39 is 5.97 Å². The molecule has 0 spiro atoms. The van der Waals surface area contributed by atoms with Crippen molar-refractivity contribution in [3.05, 3.63) is 35.4 Å². The Labute approximate surface area is 98.2 Å². The van der Waals surface area contributed by atoms with Crippen molar-refractivity contribution >= 4 is 23.5 Å². The third kappa shape index (κ3) is 3.24. The molecule has 1 aromatic carbocycles. The third-order valence-electron chi connectivity index (χ3n) is 2.16. The van der Waals surface area contributed by atoms with E-state index in [4.69, 9.17) is 16.7 Å². The van der Waals surface area contributed by atoms with Gasteiger partial charge in [0.25, 0.3) is 0 Å². The van der Waals surface area contributed by atoms with E-state index in [1.54, 1.807) is 19.1 Å². The number of amides is 1. The summed E-state index contributed by atoms with van der Waals surface area (Å²) >= 11 is 5.36. The maximum Gasteiger partial charge on any atom is 0.335 e. The van der Waals surface area contributed by atoms with Gasteiger partial charge in [0.15, 0.2) is 0 Å². The average molecular weight is 242 g/mol. The first-order valence-corrected chi connectivity index (χ1v) is 5.26. The molecule has 0 saturated heterocycles. The molecule has 1 atom stereocenters. The number of carbonyl (C=O) groups excluding carboxylic acids is 1. The number of carboxylic acid groups (broad SMARTS) is 1. The highest BCUT2D eigenvalue weighted by Crippen LogP contribution is 2.13. The molecule has 1 aromatic rings. The van der Waals surface area contributed by atoms with Gasteiger partial charge < -0.3 is 10.4 Å². The maximum absolute atomic E-state index is 11.0. The lowest BCUT2D eigenvalue weighted by Crippen LogP contribution is -2.27. The summed E-state index contributed by atoms with van der Waals surface area (Å²) in [5.41, 5.74) is 1.06. The van der Waals surface area contributed by atoms with Crippen molar-refractivity contribution in [3.63, 3.8) is 0 Å². The van der Waals surface area contributed by atoms with E-state index >= 15 is 0 Å². The van der Waals surface area contributed by atoms with Gasteiger partial charge in [0.1, 0.15) is 5.88 Å². The van der Waals surface area contributed by atoms with Crippen LogP contribution in [0.25, 0.3) is 0 Å². The molecule has 16 heavy (non-hydrogen) atoms. The molecule has 0 bridgehead atoms. The van der Waals surface area contributed by atoms with Gasteiger partial charge >= 0.3 is 5.97 Å². The number of aromatic carboxylic acids is 1. The first kappa shape index (κ1) is 12.5. The quantitative estimate of drug-likeness (QED) is 0.790. The topological polar surface area (TPSA) is 66.4 Å². The summed E-state index contributed by atoms with van der Waals surface area (Å²) in [5.74, 6) is -1.31. The standard InChI is InChI=1S/C11H12ClNO3/c1-7(13-10(14)6-12)8-2-4-9(5-3-8)11(15)16/h2-5,7H,6H2,1H3,(H,13,14)(H,15,16). The zero-order valence-electron chi connectivity index (χ0n) is 8.74. The fraction of sp³-hybridized carbons (Fsp3) is 0.273. The van der Waals surface area contributed by atoms with Gasteiger partial charge in [0.05, 0.1) is 11.6 Å². The van der Waals surface area contributed by atoms with E-state index in [1.807, 2.05) is 0 Å². The predicted molar refractivity (Wildman–Crippen MR) is 60.7 cm³/mol. The Bertz CT molecular complexity index is 389. The largest absolute Gasteiger partial charge is 0.478 e. The molecule has 0 heterocycles. The summed E-state index contributed by atoms with van der Waals surface area (Å²) in [6.45, 7) is 1.81. The lowest BCUT2D eigenvalue weighted by atomic mass is 10.1. The van der Waals surface area contributed by atoms with Crippen LogP contribution in [-0.4, -0.2) is 22.9 Å². The van der Waals surface area contributed by atoms with Crippen molar-refractivity contribution in [1.82, 2.24) is 5.32 Å². The van der Waals surface area contributed by atoms with E-state index in [-0.39, 0.29) is 23.4 Å². The molecule has 0 fully saturated rings. The van der Waals surface area contributed by atoms with E-state index in [0.29, 0.717) is 0 Å². The Morgan fingerprint density at radius 3 is 2.38 bits per heavy atom. The van der Waals surface area contributed by atoms with E-state index in [1.165, 1.54) is 12.1 Å². The highest BCUT2D eigenvalue weighted by Gasteiger charge is 2.09. The molecule has 4 nitrogen and oxygen atoms in total. The first-order valence-electron chi connectivity index (χ1n) is 4.73. The summed E-state index contributed by atoms with van der Waals surface area (Å²) < 4.78 is 0. The van der Waals surface area contributed by atoms with Gasteiger partial charge in [0.2, 0.25) is 5.91 Å². The van der Waals surface area contributed by atoms with Crippen molar-refractivity contribution in [2.75, 3.05) is 5.88 Å². The Hall–Kier alpha value is -1.55. The maximum atomic E-state index is 11.0. The Morgan fingerprint density at radius 2 is 1.94 bits per heavy atom. The number of nitrogens with one attached hydrogen (secondary N) is 1. The number of hydrogen-bond donors (Lipinski definition) is 2. The number of halogens is 1. The SMILES string of the molecule is CC(NC(=O)CCl)c1ccc(C(=O)O)cc1. The zero-order valence-corrected chi connectivity index (χ0v) is 9.49. The van der Waals surface area contributed by atoms with Crippen LogP contribution in [0.5, 0.6) is 0 Å². The smallest absolute Gasteiger partial charge is 0.335 e. The van der Waals surface area contributed by atoms with Gasteiger partial charge in [-0.1, -0.05) is 12.1 Å². The zero-order chi connectivity index (χ0) is 12.1. The van der Waals surface area contributed by atoms with Gasteiger partial charge in [-0.15, -0.1) is 11.6 Å². The van der Waals surface area contributed by atoms with Crippen LogP contribution >= 0.6 is 11.6 Å². The Morgan fingerprint density at radius 1 is 1.38 bits per heavy atom. The fourth-order valence-corrected chi connectivity index (χ4v) is 1.35. The van der Waals surface area contributed by atoms with Crippen molar-refractivity contribution in [1.29, 1.82) is 0 Å². The molecule has 0 aliphatic heterocycles. The monoisotopic (exact) mass is 241 g/mol. The number of alkyl halides is 1. The van der Waals surface area contributed by atoms with Crippen LogP contribution in [0, 0.1) is 0 Å². The second kappa shape index (κ2) is 5.51. The van der Waals surface area contributed by atoms with Crippen LogP contribution in [0.4, 0.5) is 0 Å². The summed E-state index contributed by atoms with van der Waals surface area (Å²) in [6.07, 6.45) is 0. The molecule has 0 saturated carbocycles. The molecule has 0 radical (unpaired) electrons. The molecule has 86 valence electrons. The summed E-state index contributed by atoms with van der Waals surface area (Å²) in [4.78, 5) is 21.7. The molecular formula is C11H12ClNO3. The summed E-state index contributed by atoms with van der Waals surface area (Å²) in [5, 5.41) is 11.4. The van der Waals surface area contributed by atoms with Crippen molar-refractivity contribution in [3.8, 4) is 0 Å². The molecule has 1 amide bonds. The van der Waals surface area contributed by atoms with Crippen molar-refractivity contribution in [2.24, 2.45) is 0 Å². The third-order valence-corrected chi connectivity index (χ3v) is 2.40. The van der Waals surface area contributed by atoms with Crippen LogP contribution in [0.15, 0.2) is 24.3 Å². The summed E-state index contributed by atoms with van der Waals surface area (Å²) in [7, 11) is 0. The molecule has 0 aliphatic carbocycles. The molecule has 2 N–H and O–H groups in total. The number of rotatable bonds is 4. The second-order valence-corrected chi connectivity index (χ2v) is 3.62. The molecule has 0 aromatic heterocycles. The van der Waals surface area contributed by atoms with Crippen LogP contribution < -0.4 is 5.32 Å². The Balaban J connectivity index is 2.73. The minimum absolute atomic E-state index is 0.0858.